The molecule has 7 nitrogen and oxygen atoms in total. The highest BCUT2D eigenvalue weighted by Crippen LogP contribution is 2.26. The molecular formula is C15H20N4O3S. The van der Waals surface area contributed by atoms with Crippen LogP contribution in [-0.2, 0) is 0 Å². The molecule has 1 aromatic carbocycles. The maximum absolute atomic E-state index is 11.0. The molecule has 0 atom stereocenters. The van der Waals surface area contributed by atoms with Gasteiger partial charge in [-0.2, -0.15) is 5.10 Å². The first-order valence-electron chi connectivity index (χ1n) is 7.52. The van der Waals surface area contributed by atoms with Crippen LogP contribution in [0.3, 0.4) is 0 Å². The summed E-state index contributed by atoms with van der Waals surface area (Å²) in [7, 11) is 1.40. The van der Waals surface area contributed by atoms with Crippen LogP contribution in [0.2, 0.25) is 0 Å². The second-order valence-corrected chi connectivity index (χ2v) is 5.78. The van der Waals surface area contributed by atoms with Crippen molar-refractivity contribution in [1.82, 2.24) is 10.7 Å². The lowest BCUT2D eigenvalue weighted by Crippen LogP contribution is -2.40. The average Bonchev–Trinajstić information content (AvgIpc) is 2.55. The number of hydrogen-bond acceptors (Lipinski definition) is 5. The number of nitro groups is 1. The monoisotopic (exact) mass is 336 g/mol. The molecule has 0 spiro atoms. The first-order chi connectivity index (χ1) is 11.1. The number of rotatable bonds is 5. The van der Waals surface area contributed by atoms with E-state index >= 15 is 0 Å². The molecule has 0 amide bonds. The average molecular weight is 336 g/mol. The number of thiocarbonyl (C=S) groups is 1. The van der Waals surface area contributed by atoms with Crippen LogP contribution >= 0.6 is 12.2 Å². The van der Waals surface area contributed by atoms with E-state index in [2.05, 4.69) is 15.8 Å². The molecule has 23 heavy (non-hydrogen) atoms. The summed E-state index contributed by atoms with van der Waals surface area (Å²) in [6, 6.07) is 5.04. The Labute approximate surface area is 140 Å². The third-order valence-electron chi connectivity index (χ3n) is 3.72. The summed E-state index contributed by atoms with van der Waals surface area (Å²) in [5.41, 5.74) is 3.23. The summed E-state index contributed by atoms with van der Waals surface area (Å²) in [6.07, 6.45) is 7.46. The van der Waals surface area contributed by atoms with Crippen LogP contribution in [0, 0.1) is 10.1 Å². The van der Waals surface area contributed by atoms with Gasteiger partial charge in [0, 0.05) is 17.7 Å². The highest BCUT2D eigenvalue weighted by molar-refractivity contribution is 7.80. The molecule has 0 aromatic heterocycles. The molecule has 0 unspecified atom stereocenters. The van der Waals surface area contributed by atoms with Gasteiger partial charge < -0.3 is 10.1 Å². The standard InChI is InChI=1S/C15H20N4O3S/c1-22-14-8-7-11(9-13(14)19(20)21)10-16-18-15(23)17-12-5-3-2-4-6-12/h7-10,12H,2-6H2,1H3,(H2,17,18,23)/b16-10+. The molecule has 8 heteroatoms. The van der Waals surface area contributed by atoms with E-state index < -0.39 is 4.92 Å². The molecule has 124 valence electrons. The van der Waals surface area contributed by atoms with E-state index in [9.17, 15) is 10.1 Å². The predicted molar refractivity (Wildman–Crippen MR) is 93.0 cm³/mol. The maximum atomic E-state index is 11.0. The Hall–Kier alpha value is -2.22. The number of methoxy groups -OCH3 is 1. The summed E-state index contributed by atoms with van der Waals surface area (Å²) in [4.78, 5) is 10.5. The van der Waals surface area contributed by atoms with Gasteiger partial charge in [-0.25, -0.2) is 0 Å². The highest BCUT2D eigenvalue weighted by Gasteiger charge is 2.15. The van der Waals surface area contributed by atoms with Gasteiger partial charge in [0.1, 0.15) is 0 Å². The number of benzene rings is 1. The van der Waals surface area contributed by atoms with Crippen molar-refractivity contribution in [3.63, 3.8) is 0 Å². The zero-order valence-electron chi connectivity index (χ0n) is 12.9. The first-order valence-corrected chi connectivity index (χ1v) is 7.93. The third kappa shape index (κ3) is 5.17. The Morgan fingerprint density at radius 2 is 2.17 bits per heavy atom. The lowest BCUT2D eigenvalue weighted by molar-refractivity contribution is -0.385. The Balaban J connectivity index is 1.90. The van der Waals surface area contributed by atoms with Gasteiger partial charge in [0.15, 0.2) is 10.9 Å². The SMILES string of the molecule is COc1ccc(/C=N/NC(=S)NC2CCCCC2)cc1[N+](=O)[O-]. The van der Waals surface area contributed by atoms with Gasteiger partial charge in [-0.05, 0) is 37.2 Å². The molecule has 0 heterocycles. The Morgan fingerprint density at radius 1 is 1.43 bits per heavy atom. The van der Waals surface area contributed by atoms with Gasteiger partial charge in [0.05, 0.1) is 18.2 Å². The molecule has 2 rings (SSSR count). The number of nitrogens with zero attached hydrogens (tertiary/aromatic N) is 2. The summed E-state index contributed by atoms with van der Waals surface area (Å²) >= 11 is 5.19. The number of nitro benzene ring substituents is 1. The fourth-order valence-corrected chi connectivity index (χ4v) is 2.78. The van der Waals surface area contributed by atoms with E-state index in [1.165, 1.54) is 44.7 Å². The second-order valence-electron chi connectivity index (χ2n) is 5.37. The van der Waals surface area contributed by atoms with Crippen molar-refractivity contribution in [2.75, 3.05) is 7.11 Å². The van der Waals surface area contributed by atoms with Gasteiger partial charge in [-0.15, -0.1) is 0 Å². The number of nitrogens with one attached hydrogen (secondary N) is 2. The molecule has 0 saturated heterocycles. The topological polar surface area (TPSA) is 88.8 Å². The number of ether oxygens (including phenoxy) is 1. The Bertz CT molecular complexity index is 600. The quantitative estimate of drug-likeness (QED) is 0.372. The van der Waals surface area contributed by atoms with E-state index in [0.717, 1.165) is 12.8 Å². The fraction of sp³-hybridized carbons (Fsp3) is 0.467. The lowest BCUT2D eigenvalue weighted by Gasteiger charge is -2.23. The van der Waals surface area contributed by atoms with E-state index in [4.69, 9.17) is 17.0 Å². The molecule has 1 aliphatic carbocycles. The molecule has 1 aromatic rings. The smallest absolute Gasteiger partial charge is 0.311 e. The Morgan fingerprint density at radius 3 is 2.83 bits per heavy atom. The largest absolute Gasteiger partial charge is 0.490 e. The van der Waals surface area contributed by atoms with Gasteiger partial charge in [0.25, 0.3) is 0 Å². The zero-order chi connectivity index (χ0) is 16.7. The summed E-state index contributed by atoms with van der Waals surface area (Å²) in [5.74, 6) is 0.217. The normalized spacial score (nSPS) is 15.3. The molecule has 0 aliphatic heterocycles. The van der Waals surface area contributed by atoms with Crippen LogP contribution in [0.5, 0.6) is 5.75 Å². The highest BCUT2D eigenvalue weighted by atomic mass is 32.1. The van der Waals surface area contributed by atoms with Crippen LogP contribution in [-0.4, -0.2) is 29.4 Å². The van der Waals surface area contributed by atoms with E-state index in [0.29, 0.717) is 16.7 Å². The van der Waals surface area contributed by atoms with Crippen molar-refractivity contribution in [2.24, 2.45) is 5.10 Å². The first kappa shape index (κ1) is 17.1. The second kappa shape index (κ2) is 8.42. The minimum Gasteiger partial charge on any atom is -0.490 e. The van der Waals surface area contributed by atoms with E-state index in [1.807, 2.05) is 0 Å². The van der Waals surface area contributed by atoms with Gasteiger partial charge in [-0.1, -0.05) is 19.3 Å². The lowest BCUT2D eigenvalue weighted by atomic mass is 9.96. The maximum Gasteiger partial charge on any atom is 0.311 e. The molecular weight excluding hydrogens is 316 g/mol. The van der Waals surface area contributed by atoms with Crippen molar-refractivity contribution in [3.05, 3.63) is 33.9 Å². The van der Waals surface area contributed by atoms with Gasteiger partial charge in [-0.3, -0.25) is 15.5 Å². The fourth-order valence-electron chi connectivity index (χ4n) is 2.56. The van der Waals surface area contributed by atoms with Crippen LogP contribution in [0.25, 0.3) is 0 Å². The van der Waals surface area contributed by atoms with Gasteiger partial charge >= 0.3 is 5.69 Å². The van der Waals surface area contributed by atoms with Crippen molar-refractivity contribution in [1.29, 1.82) is 0 Å². The van der Waals surface area contributed by atoms with Crippen molar-refractivity contribution < 1.29 is 9.66 Å². The predicted octanol–water partition coefficient (Wildman–Crippen LogP) is 2.73. The van der Waals surface area contributed by atoms with Crippen molar-refractivity contribution in [3.8, 4) is 5.75 Å². The zero-order valence-corrected chi connectivity index (χ0v) is 13.8. The molecule has 0 bridgehead atoms. The Kier molecular flexibility index (Phi) is 6.28. The summed E-state index contributed by atoms with van der Waals surface area (Å²) in [6.45, 7) is 0. The van der Waals surface area contributed by atoms with Crippen molar-refractivity contribution in [2.45, 2.75) is 38.1 Å². The third-order valence-corrected chi connectivity index (χ3v) is 3.93. The minimum absolute atomic E-state index is 0.0978. The number of hydrazone groups is 1. The summed E-state index contributed by atoms with van der Waals surface area (Å²) in [5, 5.41) is 18.7. The van der Waals surface area contributed by atoms with Crippen LogP contribution < -0.4 is 15.5 Å². The minimum atomic E-state index is -0.487. The van der Waals surface area contributed by atoms with Gasteiger partial charge in [0.2, 0.25) is 0 Å². The van der Waals surface area contributed by atoms with Crippen LogP contribution in [0.1, 0.15) is 37.7 Å². The van der Waals surface area contributed by atoms with Crippen molar-refractivity contribution >= 4 is 29.2 Å². The summed E-state index contributed by atoms with van der Waals surface area (Å²) < 4.78 is 4.96. The van der Waals surface area contributed by atoms with E-state index in [-0.39, 0.29) is 11.4 Å². The molecule has 0 radical (unpaired) electrons. The van der Waals surface area contributed by atoms with Crippen LogP contribution in [0.15, 0.2) is 23.3 Å². The number of hydrogen-bond donors (Lipinski definition) is 2. The van der Waals surface area contributed by atoms with Crippen LogP contribution in [0.4, 0.5) is 5.69 Å². The van der Waals surface area contributed by atoms with E-state index in [1.54, 1.807) is 6.07 Å². The molecule has 1 saturated carbocycles. The molecule has 1 fully saturated rings. The molecule has 1 aliphatic rings. The molecule has 2 N–H and O–H groups in total.